The van der Waals surface area contributed by atoms with Gasteiger partial charge in [-0.2, -0.15) is 5.26 Å². The molecule has 3 rings (SSSR count). The van der Waals surface area contributed by atoms with Crippen LogP contribution in [0.25, 0.3) is 0 Å². The van der Waals surface area contributed by atoms with Crippen LogP contribution in [-0.2, 0) is 0 Å². The second-order valence-electron chi connectivity index (χ2n) is 6.07. The molecular weight excluding hydrogens is 352 g/mol. The van der Waals surface area contributed by atoms with Crippen molar-refractivity contribution < 1.29 is 14.2 Å². The van der Waals surface area contributed by atoms with Crippen molar-refractivity contribution in [2.75, 3.05) is 32.2 Å². The number of methoxy groups -OCH3 is 2. The van der Waals surface area contributed by atoms with Gasteiger partial charge in [-0.1, -0.05) is 17.7 Å². The lowest BCUT2D eigenvalue weighted by Crippen LogP contribution is -2.38. The van der Waals surface area contributed by atoms with Gasteiger partial charge in [0.2, 0.25) is 5.75 Å². The third kappa shape index (κ3) is 3.81. The molecule has 0 aliphatic carbocycles. The summed E-state index contributed by atoms with van der Waals surface area (Å²) in [6, 6.07) is 13.3. The van der Waals surface area contributed by atoms with Crippen molar-refractivity contribution in [2.24, 2.45) is 0 Å². The minimum absolute atomic E-state index is 0.0882. The number of para-hydroxylation sites is 1. The molecule has 1 aliphatic rings. The second kappa shape index (κ2) is 8.20. The number of benzene rings is 2. The fourth-order valence-corrected chi connectivity index (χ4v) is 3.34. The maximum absolute atomic E-state index is 8.99. The minimum Gasteiger partial charge on any atom is -0.493 e. The van der Waals surface area contributed by atoms with E-state index in [1.54, 1.807) is 20.3 Å². The number of hydrogen-bond donors (Lipinski definition) is 0. The highest BCUT2D eigenvalue weighted by Gasteiger charge is 2.24. The Balaban J connectivity index is 1.66. The van der Waals surface area contributed by atoms with Crippen molar-refractivity contribution in [1.29, 1.82) is 5.26 Å². The van der Waals surface area contributed by atoms with E-state index in [4.69, 9.17) is 31.1 Å². The number of rotatable bonds is 5. The molecule has 0 radical (unpaired) electrons. The highest BCUT2D eigenvalue weighted by atomic mass is 35.5. The maximum atomic E-state index is 8.99. The van der Waals surface area contributed by atoms with Crippen molar-refractivity contribution in [2.45, 2.75) is 18.9 Å². The summed E-state index contributed by atoms with van der Waals surface area (Å²) in [6.07, 6.45) is 1.84. The molecule has 1 aliphatic heterocycles. The Morgan fingerprint density at radius 2 is 1.73 bits per heavy atom. The number of anilines is 1. The van der Waals surface area contributed by atoms with Gasteiger partial charge in [0.1, 0.15) is 12.2 Å². The molecule has 136 valence electrons. The van der Waals surface area contributed by atoms with Crippen LogP contribution in [0.3, 0.4) is 0 Å². The Labute approximate surface area is 158 Å². The normalized spacial score (nSPS) is 14.6. The highest BCUT2D eigenvalue weighted by Crippen LogP contribution is 2.38. The summed E-state index contributed by atoms with van der Waals surface area (Å²) in [7, 11) is 3.25. The van der Waals surface area contributed by atoms with E-state index >= 15 is 0 Å². The summed E-state index contributed by atoms with van der Waals surface area (Å²) in [6.45, 7) is 1.70. The van der Waals surface area contributed by atoms with E-state index in [2.05, 4.69) is 11.0 Å². The standard InChI is InChI=1S/C20H21ClN2O3/c1-24-18-4-3-5-19(25-2)20(18)26-16-8-10-23(11-9-16)15-7-6-14(13-22)17(21)12-15/h3-7,12,16H,8-11H2,1-2H3. The molecular formula is C20H21ClN2O3. The minimum atomic E-state index is 0.0882. The molecule has 6 heteroatoms. The van der Waals surface area contributed by atoms with Crippen LogP contribution in [0.4, 0.5) is 5.69 Å². The van der Waals surface area contributed by atoms with Crippen LogP contribution < -0.4 is 19.1 Å². The lowest BCUT2D eigenvalue weighted by atomic mass is 10.1. The largest absolute Gasteiger partial charge is 0.493 e. The molecule has 0 saturated carbocycles. The molecule has 26 heavy (non-hydrogen) atoms. The Morgan fingerprint density at radius 1 is 1.08 bits per heavy atom. The monoisotopic (exact) mass is 372 g/mol. The summed E-state index contributed by atoms with van der Waals surface area (Å²) in [5, 5.41) is 9.48. The predicted octanol–water partition coefficient (Wildman–Crippen LogP) is 4.28. The van der Waals surface area contributed by atoms with E-state index < -0.39 is 0 Å². The summed E-state index contributed by atoms with van der Waals surface area (Å²) >= 11 is 6.15. The Hall–Kier alpha value is -2.58. The Bertz CT molecular complexity index is 789. The van der Waals surface area contributed by atoms with Crippen molar-refractivity contribution in [1.82, 2.24) is 0 Å². The van der Waals surface area contributed by atoms with Crippen LogP contribution in [0.2, 0.25) is 5.02 Å². The first kappa shape index (κ1) is 18.2. The van der Waals surface area contributed by atoms with Crippen LogP contribution in [0.5, 0.6) is 17.2 Å². The topological polar surface area (TPSA) is 54.7 Å². The first-order chi connectivity index (χ1) is 12.7. The molecule has 1 heterocycles. The lowest BCUT2D eigenvalue weighted by molar-refractivity contribution is 0.158. The smallest absolute Gasteiger partial charge is 0.203 e. The van der Waals surface area contributed by atoms with Crippen molar-refractivity contribution in [3.8, 4) is 23.3 Å². The van der Waals surface area contributed by atoms with Gasteiger partial charge in [0.25, 0.3) is 0 Å². The molecule has 2 aromatic rings. The van der Waals surface area contributed by atoms with Crippen molar-refractivity contribution >= 4 is 17.3 Å². The highest BCUT2D eigenvalue weighted by molar-refractivity contribution is 6.32. The Morgan fingerprint density at radius 3 is 2.27 bits per heavy atom. The summed E-state index contributed by atoms with van der Waals surface area (Å²) in [5.41, 5.74) is 1.53. The van der Waals surface area contributed by atoms with Gasteiger partial charge in [0.15, 0.2) is 11.5 Å². The van der Waals surface area contributed by atoms with Gasteiger partial charge in [-0.3, -0.25) is 0 Å². The van der Waals surface area contributed by atoms with E-state index in [9.17, 15) is 0 Å². The zero-order valence-electron chi connectivity index (χ0n) is 14.9. The maximum Gasteiger partial charge on any atom is 0.203 e. The number of halogens is 1. The molecule has 1 fully saturated rings. The predicted molar refractivity (Wildman–Crippen MR) is 102 cm³/mol. The molecule has 0 spiro atoms. The molecule has 5 nitrogen and oxygen atoms in total. The second-order valence-corrected chi connectivity index (χ2v) is 6.48. The fourth-order valence-electron chi connectivity index (χ4n) is 3.12. The van der Waals surface area contributed by atoms with Gasteiger partial charge < -0.3 is 19.1 Å². The first-order valence-corrected chi connectivity index (χ1v) is 8.86. The summed E-state index contributed by atoms with van der Waals surface area (Å²) < 4.78 is 17.0. The van der Waals surface area contributed by atoms with Gasteiger partial charge in [-0.25, -0.2) is 0 Å². The zero-order valence-corrected chi connectivity index (χ0v) is 15.6. The van der Waals surface area contributed by atoms with Crippen molar-refractivity contribution in [3.63, 3.8) is 0 Å². The third-order valence-electron chi connectivity index (χ3n) is 4.55. The van der Waals surface area contributed by atoms with Crippen molar-refractivity contribution in [3.05, 3.63) is 47.0 Å². The van der Waals surface area contributed by atoms with Crippen LogP contribution in [0.1, 0.15) is 18.4 Å². The van der Waals surface area contributed by atoms with E-state index in [1.165, 1.54) is 0 Å². The molecule has 2 aromatic carbocycles. The van der Waals surface area contributed by atoms with E-state index in [-0.39, 0.29) is 6.10 Å². The average molecular weight is 373 g/mol. The van der Waals surface area contributed by atoms with Crippen LogP contribution in [0.15, 0.2) is 36.4 Å². The number of nitrogens with zero attached hydrogens (tertiary/aromatic N) is 2. The van der Waals surface area contributed by atoms with Crippen LogP contribution >= 0.6 is 11.6 Å². The average Bonchev–Trinajstić information content (AvgIpc) is 2.68. The zero-order chi connectivity index (χ0) is 18.5. The molecule has 0 bridgehead atoms. The summed E-state index contributed by atoms with van der Waals surface area (Å²) in [5.74, 6) is 1.99. The fraction of sp³-hybridized carbons (Fsp3) is 0.350. The van der Waals surface area contributed by atoms with E-state index in [1.807, 2.05) is 30.3 Å². The lowest BCUT2D eigenvalue weighted by Gasteiger charge is -2.34. The van der Waals surface area contributed by atoms with Crippen LogP contribution in [-0.4, -0.2) is 33.4 Å². The van der Waals surface area contributed by atoms with Crippen LogP contribution in [0, 0.1) is 11.3 Å². The van der Waals surface area contributed by atoms with Gasteiger partial charge >= 0.3 is 0 Å². The van der Waals surface area contributed by atoms with E-state index in [0.29, 0.717) is 27.8 Å². The third-order valence-corrected chi connectivity index (χ3v) is 4.86. The van der Waals surface area contributed by atoms with E-state index in [0.717, 1.165) is 31.6 Å². The SMILES string of the molecule is COc1cccc(OC)c1OC1CCN(c2ccc(C#N)c(Cl)c2)CC1. The molecule has 0 amide bonds. The molecule has 0 aromatic heterocycles. The van der Waals surface area contributed by atoms with Gasteiger partial charge in [0, 0.05) is 31.6 Å². The molecule has 0 unspecified atom stereocenters. The van der Waals surface area contributed by atoms with Gasteiger partial charge in [-0.15, -0.1) is 0 Å². The number of nitriles is 1. The number of piperidine rings is 1. The number of ether oxygens (including phenoxy) is 3. The Kier molecular flexibility index (Phi) is 5.75. The summed E-state index contributed by atoms with van der Waals surface area (Å²) in [4.78, 5) is 2.26. The first-order valence-electron chi connectivity index (χ1n) is 8.48. The molecule has 0 N–H and O–H groups in total. The molecule has 0 atom stereocenters. The van der Waals surface area contributed by atoms with Gasteiger partial charge in [-0.05, 0) is 30.3 Å². The molecule has 1 saturated heterocycles. The van der Waals surface area contributed by atoms with Gasteiger partial charge in [0.05, 0.1) is 24.8 Å². The quantitative estimate of drug-likeness (QED) is 0.784. The number of hydrogen-bond acceptors (Lipinski definition) is 5.